The highest BCUT2D eigenvalue weighted by Crippen LogP contribution is 2.30. The summed E-state index contributed by atoms with van der Waals surface area (Å²) in [5, 5.41) is 25.0. The molecule has 0 amide bonds. The molecule has 1 unspecified atom stereocenters. The van der Waals surface area contributed by atoms with Crippen molar-refractivity contribution in [2.24, 2.45) is 0 Å². The first-order valence-electron chi connectivity index (χ1n) is 13.1. The lowest BCUT2D eigenvalue weighted by Gasteiger charge is -2.14. The highest BCUT2D eigenvalue weighted by atomic mass is 16.8. The standard InChI is InChI=1S/C28H32N6O6/c1-4-9-23-29-24(22(35)5-2)25(27(36)39-17-40-28(37)38-6-3)34(23)16-18-12-14-19(15-13-18)20-10-7-8-11-21(20)26-30-32-33-31-26/h7-8,10-15,22,35H,4-6,9,16-17H2,1-3H3,(H,30,31,32,33). The molecule has 210 valence electrons. The van der Waals surface area contributed by atoms with E-state index in [1.807, 2.05) is 55.5 Å². The molecule has 0 spiro atoms. The molecule has 2 N–H and O–H groups in total. The third-order valence-corrected chi connectivity index (χ3v) is 6.19. The first-order chi connectivity index (χ1) is 19.5. The summed E-state index contributed by atoms with van der Waals surface area (Å²) in [6.07, 6.45) is -0.173. The van der Waals surface area contributed by atoms with E-state index in [1.54, 1.807) is 18.4 Å². The number of aromatic nitrogens is 6. The fourth-order valence-electron chi connectivity index (χ4n) is 4.28. The van der Waals surface area contributed by atoms with E-state index in [0.717, 1.165) is 28.7 Å². The zero-order valence-electron chi connectivity index (χ0n) is 22.7. The number of ether oxygens (including phenoxy) is 3. The third kappa shape index (κ3) is 6.52. The molecular weight excluding hydrogens is 516 g/mol. The molecule has 2 aromatic heterocycles. The Labute approximate surface area is 231 Å². The Kier molecular flexibility index (Phi) is 9.57. The predicted octanol–water partition coefficient (Wildman–Crippen LogP) is 4.46. The highest BCUT2D eigenvalue weighted by Gasteiger charge is 2.28. The lowest BCUT2D eigenvalue weighted by atomic mass is 9.98. The number of benzene rings is 2. The van der Waals surface area contributed by atoms with Crippen LogP contribution in [0.3, 0.4) is 0 Å². The van der Waals surface area contributed by atoms with Crippen molar-refractivity contribution in [2.45, 2.75) is 52.7 Å². The van der Waals surface area contributed by atoms with Crippen LogP contribution in [0.5, 0.6) is 0 Å². The van der Waals surface area contributed by atoms with Crippen molar-refractivity contribution < 1.29 is 28.9 Å². The maximum atomic E-state index is 13.2. The zero-order chi connectivity index (χ0) is 28.5. The molecular formula is C28H32N6O6. The minimum Gasteiger partial charge on any atom is -0.435 e. The minimum absolute atomic E-state index is 0.122. The molecule has 4 rings (SSSR count). The normalized spacial score (nSPS) is 11.7. The van der Waals surface area contributed by atoms with Gasteiger partial charge in [0.1, 0.15) is 11.5 Å². The second-order valence-corrected chi connectivity index (χ2v) is 8.88. The maximum Gasteiger partial charge on any atom is 0.511 e. The smallest absolute Gasteiger partial charge is 0.435 e. The summed E-state index contributed by atoms with van der Waals surface area (Å²) in [4.78, 5) is 29.3. The predicted molar refractivity (Wildman–Crippen MR) is 144 cm³/mol. The van der Waals surface area contributed by atoms with Gasteiger partial charge in [-0.15, -0.1) is 10.2 Å². The zero-order valence-corrected chi connectivity index (χ0v) is 22.7. The van der Waals surface area contributed by atoms with Crippen LogP contribution in [0.4, 0.5) is 4.79 Å². The summed E-state index contributed by atoms with van der Waals surface area (Å²) in [5.74, 6) is 0.390. The molecule has 2 heterocycles. The summed E-state index contributed by atoms with van der Waals surface area (Å²) >= 11 is 0. The van der Waals surface area contributed by atoms with Gasteiger partial charge in [-0.05, 0) is 41.7 Å². The number of rotatable bonds is 12. The number of aliphatic hydroxyl groups is 1. The number of imidazole rings is 1. The number of aliphatic hydroxyl groups excluding tert-OH is 1. The molecule has 2 aromatic carbocycles. The molecule has 0 aliphatic rings. The molecule has 0 aliphatic carbocycles. The van der Waals surface area contributed by atoms with Crippen molar-refractivity contribution in [2.75, 3.05) is 13.4 Å². The second-order valence-electron chi connectivity index (χ2n) is 8.88. The summed E-state index contributed by atoms with van der Waals surface area (Å²) in [6, 6.07) is 15.7. The van der Waals surface area contributed by atoms with Crippen LogP contribution in [0, 0.1) is 0 Å². The van der Waals surface area contributed by atoms with Crippen molar-refractivity contribution in [3.63, 3.8) is 0 Å². The average Bonchev–Trinajstić information content (AvgIpc) is 3.62. The Morgan fingerprint density at radius 2 is 1.75 bits per heavy atom. The van der Waals surface area contributed by atoms with Gasteiger partial charge in [0.15, 0.2) is 5.69 Å². The molecule has 4 aromatic rings. The number of hydrogen-bond acceptors (Lipinski definition) is 10. The first-order valence-corrected chi connectivity index (χ1v) is 13.1. The van der Waals surface area contributed by atoms with Gasteiger partial charge in [-0.25, -0.2) is 14.6 Å². The summed E-state index contributed by atoms with van der Waals surface area (Å²) in [7, 11) is 0. The summed E-state index contributed by atoms with van der Waals surface area (Å²) in [6.45, 7) is 5.27. The van der Waals surface area contributed by atoms with Gasteiger partial charge in [0.25, 0.3) is 0 Å². The van der Waals surface area contributed by atoms with Crippen molar-refractivity contribution in [1.29, 1.82) is 0 Å². The van der Waals surface area contributed by atoms with Crippen molar-refractivity contribution >= 4 is 12.1 Å². The number of nitrogens with zero attached hydrogens (tertiary/aromatic N) is 5. The van der Waals surface area contributed by atoms with E-state index in [2.05, 4.69) is 25.6 Å². The fraction of sp³-hybridized carbons (Fsp3) is 0.357. The molecule has 0 fully saturated rings. The number of aryl methyl sites for hydroxylation is 1. The molecule has 40 heavy (non-hydrogen) atoms. The van der Waals surface area contributed by atoms with Crippen LogP contribution in [-0.4, -0.2) is 60.8 Å². The Morgan fingerprint density at radius 1 is 1.00 bits per heavy atom. The van der Waals surface area contributed by atoms with E-state index in [9.17, 15) is 14.7 Å². The lowest BCUT2D eigenvalue weighted by Crippen LogP contribution is -2.20. The number of esters is 1. The van der Waals surface area contributed by atoms with E-state index in [0.29, 0.717) is 31.0 Å². The van der Waals surface area contributed by atoms with Gasteiger partial charge in [-0.2, -0.15) is 5.21 Å². The van der Waals surface area contributed by atoms with Crippen LogP contribution in [0.1, 0.15) is 67.3 Å². The van der Waals surface area contributed by atoms with Gasteiger partial charge in [0.2, 0.25) is 12.6 Å². The maximum absolute atomic E-state index is 13.2. The number of carbonyl (C=O) groups is 2. The van der Waals surface area contributed by atoms with E-state index in [4.69, 9.17) is 14.2 Å². The van der Waals surface area contributed by atoms with Crippen molar-refractivity contribution in [3.8, 4) is 22.5 Å². The quantitative estimate of drug-likeness (QED) is 0.191. The number of aromatic amines is 1. The van der Waals surface area contributed by atoms with Crippen LogP contribution < -0.4 is 0 Å². The summed E-state index contributed by atoms with van der Waals surface area (Å²) in [5.41, 5.74) is 4.02. The average molecular weight is 549 g/mol. The minimum atomic E-state index is -0.964. The SMILES string of the molecule is CCCc1nc(C(O)CC)c(C(=O)OCOC(=O)OCC)n1Cc1ccc(-c2ccccc2-c2nn[nH]n2)cc1. The second kappa shape index (κ2) is 13.5. The van der Waals surface area contributed by atoms with Crippen molar-refractivity contribution in [3.05, 3.63) is 71.3 Å². The molecule has 0 bridgehead atoms. The number of hydrogen-bond donors (Lipinski definition) is 2. The van der Waals surface area contributed by atoms with Gasteiger partial charge in [0, 0.05) is 18.5 Å². The van der Waals surface area contributed by atoms with E-state index in [-0.39, 0.29) is 18.0 Å². The molecule has 0 saturated heterocycles. The molecule has 12 heteroatoms. The van der Waals surface area contributed by atoms with E-state index in [1.165, 1.54) is 0 Å². The van der Waals surface area contributed by atoms with Gasteiger partial charge < -0.3 is 23.9 Å². The third-order valence-electron chi connectivity index (χ3n) is 6.19. The van der Waals surface area contributed by atoms with Crippen LogP contribution in [0.25, 0.3) is 22.5 Å². The molecule has 0 radical (unpaired) electrons. The topological polar surface area (TPSA) is 154 Å². The number of nitrogens with one attached hydrogen (secondary N) is 1. The molecule has 0 saturated carbocycles. The number of tetrazole rings is 1. The monoisotopic (exact) mass is 548 g/mol. The van der Waals surface area contributed by atoms with Gasteiger partial charge in [-0.3, -0.25) is 0 Å². The van der Waals surface area contributed by atoms with Crippen LogP contribution in [0.15, 0.2) is 48.5 Å². The van der Waals surface area contributed by atoms with E-state index >= 15 is 0 Å². The Bertz CT molecular complexity index is 1420. The van der Waals surface area contributed by atoms with Crippen molar-refractivity contribution in [1.82, 2.24) is 30.2 Å². The number of carbonyl (C=O) groups excluding carboxylic acids is 2. The number of H-pyrrole nitrogens is 1. The van der Waals surface area contributed by atoms with E-state index < -0.39 is 25.0 Å². The lowest BCUT2D eigenvalue weighted by molar-refractivity contribution is -0.0270. The fourth-order valence-corrected chi connectivity index (χ4v) is 4.28. The van der Waals surface area contributed by atoms with Gasteiger partial charge in [0.05, 0.1) is 12.7 Å². The summed E-state index contributed by atoms with van der Waals surface area (Å²) < 4.78 is 16.5. The van der Waals surface area contributed by atoms with Crippen LogP contribution >= 0.6 is 0 Å². The first kappa shape index (κ1) is 28.4. The van der Waals surface area contributed by atoms with Gasteiger partial charge in [-0.1, -0.05) is 62.4 Å². The molecule has 12 nitrogen and oxygen atoms in total. The largest absolute Gasteiger partial charge is 0.511 e. The van der Waals surface area contributed by atoms with Gasteiger partial charge >= 0.3 is 12.1 Å². The molecule has 1 atom stereocenters. The Hall–Kier alpha value is -4.58. The Morgan fingerprint density at radius 3 is 2.40 bits per heavy atom. The van der Waals surface area contributed by atoms with Crippen LogP contribution in [-0.2, 0) is 27.2 Å². The highest BCUT2D eigenvalue weighted by molar-refractivity contribution is 5.89. The molecule has 0 aliphatic heterocycles. The Balaban J connectivity index is 1.63. The van der Waals surface area contributed by atoms with Crippen LogP contribution in [0.2, 0.25) is 0 Å².